The van der Waals surface area contributed by atoms with E-state index in [4.69, 9.17) is 4.74 Å². The molecule has 0 radical (unpaired) electrons. The highest BCUT2D eigenvalue weighted by molar-refractivity contribution is 5.75. The quantitative estimate of drug-likeness (QED) is 0.693. The molecule has 3 rings (SSSR count). The summed E-state index contributed by atoms with van der Waals surface area (Å²) < 4.78 is 7.59. The van der Waals surface area contributed by atoms with Gasteiger partial charge in [0, 0.05) is 23.8 Å². The number of aromatic nitrogens is 2. The van der Waals surface area contributed by atoms with Crippen LogP contribution in [0.2, 0.25) is 0 Å². The molecule has 0 spiro atoms. The first-order valence-corrected chi connectivity index (χ1v) is 7.73. The Kier molecular flexibility index (Phi) is 4.14. The highest BCUT2D eigenvalue weighted by Gasteiger charge is 2.17. The van der Waals surface area contributed by atoms with Crippen LogP contribution in [0.4, 0.5) is 0 Å². The molecule has 0 fully saturated rings. The lowest BCUT2D eigenvalue weighted by Gasteiger charge is -2.22. The topological polar surface area (TPSA) is 27.1 Å². The van der Waals surface area contributed by atoms with E-state index in [1.807, 2.05) is 18.3 Å². The molecule has 1 aromatic carbocycles. The first-order chi connectivity index (χ1) is 10.7. The van der Waals surface area contributed by atoms with Gasteiger partial charge in [0.05, 0.1) is 7.11 Å². The molecular weight excluding hydrogens is 272 g/mol. The van der Waals surface area contributed by atoms with Gasteiger partial charge in [0.15, 0.2) is 0 Å². The molecule has 0 aliphatic carbocycles. The van der Waals surface area contributed by atoms with Crippen LogP contribution in [0.3, 0.4) is 0 Å². The zero-order valence-electron chi connectivity index (χ0n) is 13.4. The molecule has 2 atom stereocenters. The number of ether oxygens (including phenoxy) is 1. The van der Waals surface area contributed by atoms with Crippen LogP contribution in [0.1, 0.15) is 25.5 Å². The lowest BCUT2D eigenvalue weighted by molar-refractivity contribution is 0.383. The van der Waals surface area contributed by atoms with Gasteiger partial charge in [-0.15, -0.1) is 0 Å². The van der Waals surface area contributed by atoms with Gasteiger partial charge in [-0.25, -0.2) is 4.98 Å². The summed E-state index contributed by atoms with van der Waals surface area (Å²) in [5.74, 6) is 1.43. The molecule has 0 aliphatic rings. The van der Waals surface area contributed by atoms with E-state index in [1.165, 1.54) is 10.9 Å². The Labute approximate surface area is 131 Å². The number of hydrogen-bond acceptors (Lipinski definition) is 2. The van der Waals surface area contributed by atoms with Crippen molar-refractivity contribution in [2.24, 2.45) is 5.92 Å². The minimum Gasteiger partial charge on any atom is -0.497 e. The van der Waals surface area contributed by atoms with Crippen LogP contribution in [-0.2, 0) is 6.42 Å². The number of rotatable bonds is 5. The zero-order valence-corrected chi connectivity index (χ0v) is 13.4. The number of hydrogen-bond donors (Lipinski definition) is 0. The van der Waals surface area contributed by atoms with Crippen molar-refractivity contribution in [3.05, 3.63) is 60.4 Å². The van der Waals surface area contributed by atoms with Gasteiger partial charge in [-0.05, 0) is 55.2 Å². The Morgan fingerprint density at radius 3 is 2.82 bits per heavy atom. The maximum Gasteiger partial charge on any atom is 0.140 e. The summed E-state index contributed by atoms with van der Waals surface area (Å²) in [4.78, 5) is 4.52. The molecule has 0 bridgehead atoms. The largest absolute Gasteiger partial charge is 0.497 e. The van der Waals surface area contributed by atoms with Gasteiger partial charge in [-0.3, -0.25) is 0 Å². The molecule has 0 amide bonds. The van der Waals surface area contributed by atoms with Gasteiger partial charge in [0.1, 0.15) is 11.4 Å². The third-order valence-corrected chi connectivity index (χ3v) is 4.43. The van der Waals surface area contributed by atoms with Crippen LogP contribution in [0, 0.1) is 5.92 Å². The molecule has 0 saturated carbocycles. The van der Waals surface area contributed by atoms with Crippen molar-refractivity contribution in [1.82, 2.24) is 9.55 Å². The van der Waals surface area contributed by atoms with Crippen LogP contribution in [0.25, 0.3) is 11.0 Å². The van der Waals surface area contributed by atoms with Crippen LogP contribution in [0.5, 0.6) is 5.75 Å². The van der Waals surface area contributed by atoms with E-state index in [0.29, 0.717) is 12.0 Å². The molecule has 0 saturated heterocycles. The number of methoxy groups -OCH3 is 1. The molecule has 114 valence electrons. The summed E-state index contributed by atoms with van der Waals surface area (Å²) in [5.41, 5.74) is 2.37. The highest BCUT2D eigenvalue weighted by atomic mass is 16.5. The van der Waals surface area contributed by atoms with E-state index in [-0.39, 0.29) is 0 Å². The second-order valence-electron chi connectivity index (χ2n) is 5.91. The third kappa shape index (κ3) is 2.84. The normalized spacial score (nSPS) is 14.0. The SMILES string of the molecule is COc1cccc(CC(C)C(C)n2ccc3cccnc32)c1. The average Bonchev–Trinajstić information content (AvgIpc) is 2.98. The number of benzene rings is 1. The smallest absolute Gasteiger partial charge is 0.140 e. The fourth-order valence-corrected chi connectivity index (χ4v) is 2.93. The molecule has 22 heavy (non-hydrogen) atoms. The van der Waals surface area contributed by atoms with Crippen LogP contribution >= 0.6 is 0 Å². The van der Waals surface area contributed by atoms with Crippen LogP contribution in [0.15, 0.2) is 54.9 Å². The van der Waals surface area contributed by atoms with Crippen molar-refractivity contribution in [2.75, 3.05) is 7.11 Å². The van der Waals surface area contributed by atoms with Crippen LogP contribution in [-0.4, -0.2) is 16.7 Å². The predicted octanol–water partition coefficient (Wildman–Crippen LogP) is 4.48. The van der Waals surface area contributed by atoms with Crippen molar-refractivity contribution in [3.8, 4) is 5.75 Å². The standard InChI is InChI=1S/C19H22N2O/c1-14(12-16-6-4-8-18(13-16)22-3)15(2)21-11-9-17-7-5-10-20-19(17)21/h4-11,13-15H,12H2,1-3H3. The van der Waals surface area contributed by atoms with Gasteiger partial charge >= 0.3 is 0 Å². The second kappa shape index (κ2) is 6.22. The number of nitrogens with zero attached hydrogens (tertiary/aromatic N) is 2. The molecular formula is C19H22N2O. The predicted molar refractivity (Wildman–Crippen MR) is 90.3 cm³/mol. The molecule has 2 heterocycles. The maximum absolute atomic E-state index is 5.31. The fourth-order valence-electron chi connectivity index (χ4n) is 2.93. The lowest BCUT2D eigenvalue weighted by Crippen LogP contribution is -2.15. The molecule has 3 aromatic rings. The Morgan fingerprint density at radius 2 is 2.00 bits per heavy atom. The summed E-state index contributed by atoms with van der Waals surface area (Å²) in [6, 6.07) is 14.9. The monoisotopic (exact) mass is 294 g/mol. The Morgan fingerprint density at radius 1 is 1.14 bits per heavy atom. The van der Waals surface area contributed by atoms with E-state index in [2.05, 4.69) is 59.9 Å². The molecule has 3 heteroatoms. The number of fused-ring (bicyclic) bond motifs is 1. The summed E-state index contributed by atoms with van der Waals surface area (Å²) >= 11 is 0. The maximum atomic E-state index is 5.31. The van der Waals surface area contributed by atoms with Gasteiger partial charge < -0.3 is 9.30 Å². The van der Waals surface area contributed by atoms with E-state index < -0.39 is 0 Å². The zero-order chi connectivity index (χ0) is 15.5. The van der Waals surface area contributed by atoms with Crippen molar-refractivity contribution in [2.45, 2.75) is 26.3 Å². The first-order valence-electron chi connectivity index (χ1n) is 7.73. The Hall–Kier alpha value is -2.29. The van der Waals surface area contributed by atoms with Gasteiger partial charge in [-0.2, -0.15) is 0 Å². The molecule has 2 unspecified atom stereocenters. The lowest BCUT2D eigenvalue weighted by atomic mass is 9.94. The second-order valence-corrected chi connectivity index (χ2v) is 5.91. The van der Waals surface area contributed by atoms with E-state index in [1.54, 1.807) is 7.11 Å². The van der Waals surface area contributed by atoms with Crippen molar-refractivity contribution in [3.63, 3.8) is 0 Å². The Balaban J connectivity index is 1.80. The van der Waals surface area contributed by atoms with E-state index in [0.717, 1.165) is 17.8 Å². The Bertz CT molecular complexity index is 763. The van der Waals surface area contributed by atoms with E-state index in [9.17, 15) is 0 Å². The fraction of sp³-hybridized carbons (Fsp3) is 0.316. The van der Waals surface area contributed by atoms with Crippen molar-refractivity contribution >= 4 is 11.0 Å². The minimum absolute atomic E-state index is 0.388. The summed E-state index contributed by atoms with van der Waals surface area (Å²) in [7, 11) is 1.71. The summed E-state index contributed by atoms with van der Waals surface area (Å²) in [6.45, 7) is 4.55. The van der Waals surface area contributed by atoms with E-state index >= 15 is 0 Å². The van der Waals surface area contributed by atoms with Crippen molar-refractivity contribution in [1.29, 1.82) is 0 Å². The van der Waals surface area contributed by atoms with Gasteiger partial charge in [-0.1, -0.05) is 19.1 Å². The molecule has 0 N–H and O–H groups in total. The van der Waals surface area contributed by atoms with Crippen LogP contribution < -0.4 is 4.74 Å². The third-order valence-electron chi connectivity index (χ3n) is 4.43. The summed E-state index contributed by atoms with van der Waals surface area (Å²) in [5, 5.41) is 1.20. The molecule has 3 nitrogen and oxygen atoms in total. The average molecular weight is 294 g/mol. The first kappa shape index (κ1) is 14.6. The van der Waals surface area contributed by atoms with Gasteiger partial charge in [0.25, 0.3) is 0 Å². The summed E-state index contributed by atoms with van der Waals surface area (Å²) in [6.07, 6.45) is 5.02. The molecule has 0 aliphatic heterocycles. The van der Waals surface area contributed by atoms with Gasteiger partial charge in [0.2, 0.25) is 0 Å². The highest BCUT2D eigenvalue weighted by Crippen LogP contribution is 2.26. The minimum atomic E-state index is 0.388. The van der Waals surface area contributed by atoms with Crippen molar-refractivity contribution < 1.29 is 4.74 Å². The number of pyridine rings is 1. The molecule has 2 aromatic heterocycles.